The van der Waals surface area contributed by atoms with Gasteiger partial charge in [0.1, 0.15) is 0 Å². The van der Waals surface area contributed by atoms with Crippen LogP contribution in [-0.2, 0) is 27.4 Å². The lowest BCUT2D eigenvalue weighted by Crippen LogP contribution is -2.48. The molecule has 0 spiro atoms. The number of hydrogen-bond acceptors (Lipinski definition) is 4. The lowest BCUT2D eigenvalue weighted by atomic mass is 10.1. The fraction of sp³-hybridized carbons (Fsp3) is 0.286. The van der Waals surface area contributed by atoms with Crippen molar-refractivity contribution in [3.8, 4) is 0 Å². The number of carboxylic acids is 1. The van der Waals surface area contributed by atoms with Gasteiger partial charge in [0.2, 0.25) is 0 Å². The Bertz CT molecular complexity index is 840. The molecule has 1 aliphatic rings. The molecule has 0 saturated carbocycles. The number of rotatable bonds is 7. The molecule has 0 radical (unpaired) electrons. The van der Waals surface area contributed by atoms with Crippen molar-refractivity contribution >= 4 is 18.0 Å². The molecule has 2 atom stereocenters. The van der Waals surface area contributed by atoms with Crippen LogP contribution in [0.3, 0.4) is 0 Å². The Labute approximate surface area is 163 Å². The van der Waals surface area contributed by atoms with Gasteiger partial charge in [-0.25, -0.2) is 14.4 Å². The molecule has 2 aromatic carbocycles. The molecule has 1 aliphatic heterocycles. The van der Waals surface area contributed by atoms with Gasteiger partial charge in [0.05, 0.1) is 6.61 Å². The standard InChI is InChI=1S/C21H22N2O5/c1-2-28-20(26)18-17(19(24)25)22(13-15-9-5-3-6-10-15)21(27)23(18)14-16-11-7-4-8-12-16/h3-12,17-18H,2,13-14H2,1H3,(H,24,25)/t17-,18-/m1/s1. The van der Waals surface area contributed by atoms with Gasteiger partial charge >= 0.3 is 18.0 Å². The summed E-state index contributed by atoms with van der Waals surface area (Å²) in [5, 5.41) is 9.82. The van der Waals surface area contributed by atoms with E-state index >= 15 is 0 Å². The monoisotopic (exact) mass is 382 g/mol. The highest BCUT2D eigenvalue weighted by atomic mass is 16.5. The Balaban J connectivity index is 1.96. The van der Waals surface area contributed by atoms with E-state index < -0.39 is 30.1 Å². The van der Waals surface area contributed by atoms with Gasteiger partial charge in [0, 0.05) is 13.1 Å². The smallest absolute Gasteiger partial charge is 0.331 e. The Kier molecular flexibility index (Phi) is 5.93. The highest BCUT2D eigenvalue weighted by Crippen LogP contribution is 2.28. The first-order chi connectivity index (χ1) is 13.5. The Morgan fingerprint density at radius 2 is 1.36 bits per heavy atom. The van der Waals surface area contributed by atoms with Gasteiger partial charge in [-0.2, -0.15) is 0 Å². The SMILES string of the molecule is CCOC(=O)[C@H]1[C@H](C(=O)O)N(Cc2ccccc2)C(=O)N1Cc1ccccc1. The molecule has 7 heteroatoms. The maximum absolute atomic E-state index is 13.1. The normalized spacial score (nSPS) is 19.0. The minimum absolute atomic E-state index is 0.0951. The van der Waals surface area contributed by atoms with Crippen molar-refractivity contribution < 1.29 is 24.2 Å². The predicted molar refractivity (Wildman–Crippen MR) is 101 cm³/mol. The quantitative estimate of drug-likeness (QED) is 0.744. The third-order valence-corrected chi connectivity index (χ3v) is 4.63. The summed E-state index contributed by atoms with van der Waals surface area (Å²) in [5.74, 6) is -1.95. The van der Waals surface area contributed by atoms with Crippen molar-refractivity contribution in [1.29, 1.82) is 0 Å². The molecule has 2 amide bonds. The number of carbonyl (C=O) groups is 3. The molecule has 3 rings (SSSR count). The molecule has 1 saturated heterocycles. The number of urea groups is 1. The van der Waals surface area contributed by atoms with Crippen LogP contribution in [0.1, 0.15) is 18.1 Å². The van der Waals surface area contributed by atoms with Crippen molar-refractivity contribution in [2.45, 2.75) is 32.1 Å². The number of ether oxygens (including phenoxy) is 1. The molecule has 1 fully saturated rings. The summed E-state index contributed by atoms with van der Waals surface area (Å²) in [6.07, 6.45) is 0. The van der Waals surface area contributed by atoms with Gasteiger partial charge in [-0.1, -0.05) is 60.7 Å². The first-order valence-corrected chi connectivity index (χ1v) is 9.07. The van der Waals surface area contributed by atoms with E-state index in [0.717, 1.165) is 11.1 Å². The summed E-state index contributed by atoms with van der Waals surface area (Å²) in [6, 6.07) is 15.2. The van der Waals surface area contributed by atoms with Crippen LogP contribution >= 0.6 is 0 Å². The van der Waals surface area contributed by atoms with E-state index in [2.05, 4.69) is 0 Å². The third-order valence-electron chi connectivity index (χ3n) is 4.63. The Morgan fingerprint density at radius 1 is 0.893 bits per heavy atom. The lowest BCUT2D eigenvalue weighted by Gasteiger charge is -2.23. The van der Waals surface area contributed by atoms with Crippen molar-refractivity contribution in [3.63, 3.8) is 0 Å². The number of amides is 2. The van der Waals surface area contributed by atoms with E-state index in [9.17, 15) is 19.5 Å². The number of hydrogen-bond donors (Lipinski definition) is 1. The van der Waals surface area contributed by atoms with Gasteiger partial charge in [0.15, 0.2) is 12.1 Å². The molecule has 146 valence electrons. The highest BCUT2D eigenvalue weighted by molar-refractivity contribution is 5.96. The van der Waals surface area contributed by atoms with E-state index in [-0.39, 0.29) is 19.7 Å². The van der Waals surface area contributed by atoms with Crippen LogP contribution in [-0.4, -0.2) is 51.6 Å². The van der Waals surface area contributed by atoms with E-state index in [0.29, 0.717) is 0 Å². The maximum atomic E-state index is 13.1. The van der Waals surface area contributed by atoms with E-state index in [4.69, 9.17) is 4.74 Å². The molecule has 0 unspecified atom stereocenters. The molecule has 0 bridgehead atoms. The van der Waals surface area contributed by atoms with Crippen LogP contribution in [0.5, 0.6) is 0 Å². The van der Waals surface area contributed by atoms with Gasteiger partial charge < -0.3 is 19.6 Å². The molecular formula is C21H22N2O5. The molecule has 28 heavy (non-hydrogen) atoms. The fourth-order valence-electron chi connectivity index (χ4n) is 3.39. The van der Waals surface area contributed by atoms with E-state index in [1.54, 1.807) is 6.92 Å². The lowest BCUT2D eigenvalue weighted by molar-refractivity contribution is -0.155. The molecular weight excluding hydrogens is 360 g/mol. The van der Waals surface area contributed by atoms with Crippen LogP contribution in [0.4, 0.5) is 4.79 Å². The van der Waals surface area contributed by atoms with Gasteiger partial charge in [-0.15, -0.1) is 0 Å². The van der Waals surface area contributed by atoms with Gasteiger partial charge in [-0.3, -0.25) is 0 Å². The Hall–Kier alpha value is -3.35. The summed E-state index contributed by atoms with van der Waals surface area (Å²) in [4.78, 5) is 40.3. The zero-order chi connectivity index (χ0) is 20.1. The van der Waals surface area contributed by atoms with Crippen LogP contribution in [0.2, 0.25) is 0 Å². The number of carbonyl (C=O) groups excluding carboxylic acids is 2. The summed E-state index contributed by atoms with van der Waals surface area (Å²) < 4.78 is 5.10. The fourth-order valence-corrected chi connectivity index (χ4v) is 3.39. The first-order valence-electron chi connectivity index (χ1n) is 9.07. The second-order valence-corrected chi connectivity index (χ2v) is 6.49. The van der Waals surface area contributed by atoms with Gasteiger partial charge in [-0.05, 0) is 18.1 Å². The van der Waals surface area contributed by atoms with Crippen molar-refractivity contribution in [2.75, 3.05) is 6.61 Å². The zero-order valence-electron chi connectivity index (χ0n) is 15.5. The van der Waals surface area contributed by atoms with E-state index in [1.807, 2.05) is 60.7 Å². The van der Waals surface area contributed by atoms with Crippen LogP contribution in [0.15, 0.2) is 60.7 Å². The van der Waals surface area contributed by atoms with Crippen molar-refractivity contribution in [1.82, 2.24) is 9.80 Å². The summed E-state index contributed by atoms with van der Waals surface area (Å²) in [7, 11) is 0. The number of esters is 1. The number of aliphatic carboxylic acids is 1. The second kappa shape index (κ2) is 8.56. The average Bonchev–Trinajstić information content (AvgIpc) is 2.96. The van der Waals surface area contributed by atoms with Gasteiger partial charge in [0.25, 0.3) is 0 Å². The van der Waals surface area contributed by atoms with E-state index in [1.165, 1.54) is 9.80 Å². The average molecular weight is 382 g/mol. The number of benzene rings is 2. The molecule has 0 aliphatic carbocycles. The molecule has 7 nitrogen and oxygen atoms in total. The second-order valence-electron chi connectivity index (χ2n) is 6.49. The van der Waals surface area contributed by atoms with Crippen LogP contribution < -0.4 is 0 Å². The summed E-state index contributed by atoms with van der Waals surface area (Å²) >= 11 is 0. The number of nitrogens with zero attached hydrogens (tertiary/aromatic N) is 2. The summed E-state index contributed by atoms with van der Waals surface area (Å²) in [6.45, 7) is 1.97. The third kappa shape index (κ3) is 3.98. The maximum Gasteiger partial charge on any atom is 0.331 e. The van der Waals surface area contributed by atoms with Crippen LogP contribution in [0.25, 0.3) is 0 Å². The topological polar surface area (TPSA) is 87.1 Å². The Morgan fingerprint density at radius 3 is 1.79 bits per heavy atom. The minimum atomic E-state index is -1.32. The highest BCUT2D eigenvalue weighted by Gasteiger charge is 2.53. The number of carboxylic acid groups (broad SMARTS) is 1. The summed E-state index contributed by atoms with van der Waals surface area (Å²) in [5.41, 5.74) is 1.59. The molecule has 0 aromatic heterocycles. The molecule has 2 aromatic rings. The van der Waals surface area contributed by atoms with Crippen molar-refractivity contribution in [3.05, 3.63) is 71.8 Å². The zero-order valence-corrected chi connectivity index (χ0v) is 15.5. The largest absolute Gasteiger partial charge is 0.480 e. The predicted octanol–water partition coefficient (Wildman–Crippen LogP) is 2.51. The minimum Gasteiger partial charge on any atom is -0.480 e. The van der Waals surface area contributed by atoms with Crippen molar-refractivity contribution in [2.24, 2.45) is 0 Å². The first kappa shape index (κ1) is 19.4. The molecule has 1 N–H and O–H groups in total. The molecule has 1 heterocycles. The van der Waals surface area contributed by atoms with Crippen LogP contribution in [0, 0.1) is 0 Å².